The van der Waals surface area contributed by atoms with E-state index in [0.717, 1.165) is 49.7 Å². The number of esters is 1. The Morgan fingerprint density at radius 3 is 2.33 bits per heavy atom. The van der Waals surface area contributed by atoms with E-state index >= 15 is 0 Å². The lowest BCUT2D eigenvalue weighted by atomic mass is 9.80. The third-order valence-electron chi connectivity index (χ3n) is 5.50. The fraction of sp³-hybridized carbons (Fsp3) is 0.632. The summed E-state index contributed by atoms with van der Waals surface area (Å²) >= 11 is 0. The van der Waals surface area contributed by atoms with Crippen LogP contribution in [0, 0.1) is 5.92 Å². The SMILES string of the molecule is C[N+]1(C)CC[C@@H](OC(=O)[C@](O)(c2ccccc2)C2CCCC2)C1.[Br-]. The van der Waals surface area contributed by atoms with E-state index in [1.807, 2.05) is 30.3 Å². The van der Waals surface area contributed by atoms with Gasteiger partial charge in [0.25, 0.3) is 0 Å². The zero-order valence-corrected chi connectivity index (χ0v) is 16.2. The van der Waals surface area contributed by atoms with E-state index in [0.29, 0.717) is 5.56 Å². The molecule has 24 heavy (non-hydrogen) atoms. The molecule has 0 unspecified atom stereocenters. The molecule has 0 spiro atoms. The van der Waals surface area contributed by atoms with Crippen LogP contribution >= 0.6 is 0 Å². The van der Waals surface area contributed by atoms with Crippen molar-refractivity contribution < 1.29 is 36.1 Å². The van der Waals surface area contributed by atoms with Crippen molar-refractivity contribution in [1.82, 2.24) is 0 Å². The van der Waals surface area contributed by atoms with Crippen LogP contribution in [0.3, 0.4) is 0 Å². The van der Waals surface area contributed by atoms with Gasteiger partial charge >= 0.3 is 5.97 Å². The van der Waals surface area contributed by atoms with Gasteiger partial charge in [0.1, 0.15) is 6.54 Å². The molecule has 1 aromatic rings. The minimum atomic E-state index is -1.50. The van der Waals surface area contributed by atoms with E-state index in [9.17, 15) is 9.90 Å². The van der Waals surface area contributed by atoms with E-state index in [4.69, 9.17) is 4.74 Å². The first-order chi connectivity index (χ1) is 10.9. The fourth-order valence-electron chi connectivity index (χ4n) is 4.12. The molecule has 1 saturated carbocycles. The number of carbonyl (C=O) groups is 1. The molecule has 0 radical (unpaired) electrons. The number of halogens is 1. The van der Waals surface area contributed by atoms with Gasteiger partial charge in [0, 0.05) is 12.3 Å². The second-order valence-electron chi connectivity index (χ2n) is 7.77. The van der Waals surface area contributed by atoms with E-state index in [-0.39, 0.29) is 29.0 Å². The number of carbonyl (C=O) groups excluding carboxylic acids is 1. The van der Waals surface area contributed by atoms with Crippen molar-refractivity contribution in [2.45, 2.75) is 43.8 Å². The highest BCUT2D eigenvalue weighted by Gasteiger charge is 2.49. The van der Waals surface area contributed by atoms with Crippen molar-refractivity contribution in [3.05, 3.63) is 35.9 Å². The summed E-state index contributed by atoms with van der Waals surface area (Å²) in [6.45, 7) is 1.83. The van der Waals surface area contributed by atoms with Crippen LogP contribution in [0.15, 0.2) is 30.3 Å². The molecule has 1 aromatic carbocycles. The fourth-order valence-corrected chi connectivity index (χ4v) is 4.12. The highest BCUT2D eigenvalue weighted by Crippen LogP contribution is 2.42. The maximum atomic E-state index is 12.9. The van der Waals surface area contributed by atoms with Crippen LogP contribution in [0.5, 0.6) is 0 Å². The molecule has 2 fully saturated rings. The number of benzene rings is 1. The number of rotatable bonds is 4. The maximum Gasteiger partial charge on any atom is 0.343 e. The van der Waals surface area contributed by atoms with Crippen molar-refractivity contribution in [3.63, 3.8) is 0 Å². The summed E-state index contributed by atoms with van der Waals surface area (Å²) in [6, 6.07) is 9.33. The first kappa shape index (κ1) is 19.4. The quantitative estimate of drug-likeness (QED) is 0.548. The minimum Gasteiger partial charge on any atom is -1.00 e. The number of likely N-dealkylation sites (tertiary alicyclic amines) is 1. The third-order valence-corrected chi connectivity index (χ3v) is 5.50. The molecule has 2 atom stereocenters. The van der Waals surface area contributed by atoms with Gasteiger partial charge in [-0.15, -0.1) is 0 Å². The molecule has 1 aliphatic heterocycles. The monoisotopic (exact) mass is 397 g/mol. The van der Waals surface area contributed by atoms with Gasteiger partial charge in [-0.2, -0.15) is 0 Å². The summed E-state index contributed by atoms with van der Waals surface area (Å²) in [5.74, 6) is -0.496. The lowest BCUT2D eigenvalue weighted by molar-refractivity contribution is -0.879. The number of nitrogens with zero attached hydrogens (tertiary/aromatic N) is 1. The zero-order valence-electron chi connectivity index (χ0n) is 14.6. The lowest BCUT2D eigenvalue weighted by Gasteiger charge is -2.33. The molecule has 0 bridgehead atoms. The Morgan fingerprint density at radius 1 is 1.17 bits per heavy atom. The molecule has 5 heteroatoms. The predicted molar refractivity (Wildman–Crippen MR) is 88.6 cm³/mol. The predicted octanol–water partition coefficient (Wildman–Crippen LogP) is -0.540. The van der Waals surface area contributed by atoms with Crippen LogP contribution < -0.4 is 17.0 Å². The Morgan fingerprint density at radius 2 is 1.79 bits per heavy atom. The van der Waals surface area contributed by atoms with Crippen LogP contribution in [-0.4, -0.2) is 48.8 Å². The van der Waals surface area contributed by atoms with Gasteiger partial charge < -0.3 is 31.3 Å². The number of quaternary nitrogens is 1. The van der Waals surface area contributed by atoms with Gasteiger partial charge in [0.15, 0.2) is 11.7 Å². The van der Waals surface area contributed by atoms with Crippen LogP contribution in [0.2, 0.25) is 0 Å². The Balaban J connectivity index is 0.00000208. The van der Waals surface area contributed by atoms with Gasteiger partial charge in [-0.3, -0.25) is 0 Å². The Labute approximate surface area is 155 Å². The van der Waals surface area contributed by atoms with E-state index in [2.05, 4.69) is 14.1 Å². The molecular formula is C19H28BrNO3. The summed E-state index contributed by atoms with van der Waals surface area (Å²) in [5, 5.41) is 11.4. The second kappa shape index (κ2) is 7.54. The van der Waals surface area contributed by atoms with Crippen LogP contribution in [0.25, 0.3) is 0 Å². The van der Waals surface area contributed by atoms with Gasteiger partial charge in [0.05, 0.1) is 20.6 Å². The summed E-state index contributed by atoms with van der Waals surface area (Å²) in [6.07, 6.45) is 4.68. The number of ether oxygens (including phenoxy) is 1. The zero-order chi connectivity index (χ0) is 16.5. The lowest BCUT2D eigenvalue weighted by Crippen LogP contribution is -3.00. The van der Waals surface area contributed by atoms with E-state index in [1.54, 1.807) is 0 Å². The molecular weight excluding hydrogens is 370 g/mol. The number of hydrogen-bond donors (Lipinski definition) is 1. The molecule has 4 nitrogen and oxygen atoms in total. The van der Waals surface area contributed by atoms with Gasteiger partial charge in [-0.25, -0.2) is 4.79 Å². The molecule has 3 rings (SSSR count). The van der Waals surface area contributed by atoms with Gasteiger partial charge in [-0.05, 0) is 18.4 Å². The number of aliphatic hydroxyl groups is 1. The first-order valence-electron chi connectivity index (χ1n) is 8.73. The maximum absolute atomic E-state index is 12.9. The highest BCUT2D eigenvalue weighted by molar-refractivity contribution is 5.81. The third kappa shape index (κ3) is 3.84. The second-order valence-corrected chi connectivity index (χ2v) is 7.77. The largest absolute Gasteiger partial charge is 1.00 e. The van der Waals surface area contributed by atoms with Crippen molar-refractivity contribution >= 4 is 5.97 Å². The average molecular weight is 398 g/mol. The molecule has 1 aliphatic carbocycles. The molecule has 1 N–H and O–H groups in total. The Hall–Kier alpha value is -0.910. The molecule has 0 aromatic heterocycles. The van der Waals surface area contributed by atoms with E-state index < -0.39 is 11.6 Å². The topological polar surface area (TPSA) is 46.5 Å². The molecule has 2 aliphatic rings. The molecule has 1 heterocycles. The molecule has 1 saturated heterocycles. The molecule has 134 valence electrons. The van der Waals surface area contributed by atoms with Gasteiger partial charge in [0.2, 0.25) is 0 Å². The van der Waals surface area contributed by atoms with Crippen molar-refractivity contribution in [1.29, 1.82) is 0 Å². The van der Waals surface area contributed by atoms with Crippen LogP contribution in [0.4, 0.5) is 0 Å². The summed E-state index contributed by atoms with van der Waals surface area (Å²) in [5.41, 5.74) is -0.832. The van der Waals surface area contributed by atoms with E-state index in [1.165, 1.54) is 0 Å². The van der Waals surface area contributed by atoms with Gasteiger partial charge in [-0.1, -0.05) is 43.2 Å². The van der Waals surface area contributed by atoms with Crippen molar-refractivity contribution in [2.24, 2.45) is 5.92 Å². The Bertz CT molecular complexity index is 557. The first-order valence-corrected chi connectivity index (χ1v) is 8.73. The summed E-state index contributed by atoms with van der Waals surface area (Å²) in [4.78, 5) is 12.9. The van der Waals surface area contributed by atoms with Crippen molar-refractivity contribution in [3.8, 4) is 0 Å². The summed E-state index contributed by atoms with van der Waals surface area (Å²) in [7, 11) is 4.29. The standard InChI is InChI=1S/C19H28NO3.BrH/c1-20(2)13-12-17(14-20)23-18(21)19(22,16-10-6-7-11-16)15-8-4-3-5-9-15;/h3-5,8-9,16-17,22H,6-7,10-14H2,1-2H3;1H/q+1;/p-1/t17-,19+;/m1./s1. The number of hydrogen-bond acceptors (Lipinski definition) is 3. The highest BCUT2D eigenvalue weighted by atomic mass is 79.9. The smallest absolute Gasteiger partial charge is 0.343 e. The Kier molecular flexibility index (Phi) is 6.10. The van der Waals surface area contributed by atoms with Crippen molar-refractivity contribution in [2.75, 3.05) is 27.2 Å². The normalized spacial score (nSPS) is 25.7. The van der Waals surface area contributed by atoms with Crippen LogP contribution in [0.1, 0.15) is 37.7 Å². The summed E-state index contributed by atoms with van der Waals surface area (Å²) < 4.78 is 6.64. The minimum absolute atomic E-state index is 0. The number of likely N-dealkylation sites (N-methyl/N-ethyl adjacent to an activating group) is 1. The average Bonchev–Trinajstić information content (AvgIpc) is 3.17. The molecule has 0 amide bonds. The van der Waals surface area contributed by atoms with Crippen LogP contribution in [-0.2, 0) is 15.1 Å².